The van der Waals surface area contributed by atoms with E-state index in [2.05, 4.69) is 5.32 Å². The van der Waals surface area contributed by atoms with Gasteiger partial charge in [0.2, 0.25) is 0 Å². The number of fused-ring (bicyclic) bond motifs is 3. The minimum atomic E-state index is -4.37. The zero-order valence-electron chi connectivity index (χ0n) is 10.6. The molecule has 0 spiro atoms. The number of esters is 1. The summed E-state index contributed by atoms with van der Waals surface area (Å²) >= 11 is 0. The Morgan fingerprint density at radius 1 is 1.45 bits per heavy atom. The number of alkyl halides is 3. The van der Waals surface area contributed by atoms with E-state index in [0.717, 1.165) is 6.07 Å². The number of benzene rings is 1. The van der Waals surface area contributed by atoms with Crippen LogP contribution in [0, 0.1) is 0 Å². The van der Waals surface area contributed by atoms with Gasteiger partial charge in [-0.1, -0.05) is 12.1 Å². The van der Waals surface area contributed by atoms with Crippen LogP contribution in [-0.4, -0.2) is 18.6 Å². The van der Waals surface area contributed by atoms with E-state index < -0.39 is 23.2 Å². The Bertz CT molecular complexity index is 561. The van der Waals surface area contributed by atoms with Gasteiger partial charge in [-0.3, -0.25) is 10.1 Å². The summed E-state index contributed by atoms with van der Waals surface area (Å²) < 4.78 is 43.5. The van der Waals surface area contributed by atoms with Crippen LogP contribution in [0.5, 0.6) is 0 Å². The van der Waals surface area contributed by atoms with E-state index >= 15 is 0 Å². The zero-order chi connectivity index (χ0) is 13.8. The van der Waals surface area contributed by atoms with Crippen molar-refractivity contribution in [1.82, 2.24) is 5.32 Å². The fourth-order valence-electron chi connectivity index (χ4n) is 2.95. The molecule has 1 saturated carbocycles. The highest BCUT2D eigenvalue weighted by atomic mass is 35.5. The van der Waals surface area contributed by atoms with Gasteiger partial charge in [0.05, 0.1) is 12.7 Å². The minimum absolute atomic E-state index is 0. The van der Waals surface area contributed by atoms with Crippen molar-refractivity contribution < 1.29 is 22.7 Å². The predicted octanol–water partition coefficient (Wildman–Crippen LogP) is 2.63. The molecule has 20 heavy (non-hydrogen) atoms. The van der Waals surface area contributed by atoms with Crippen molar-refractivity contribution in [3.8, 4) is 0 Å². The van der Waals surface area contributed by atoms with Crippen LogP contribution in [0.25, 0.3) is 0 Å². The first kappa shape index (κ1) is 15.1. The van der Waals surface area contributed by atoms with Crippen LogP contribution in [0.1, 0.15) is 29.0 Å². The van der Waals surface area contributed by atoms with Gasteiger partial charge in [0.1, 0.15) is 5.54 Å². The lowest BCUT2D eigenvalue weighted by molar-refractivity contribution is -0.144. The second-order valence-electron chi connectivity index (χ2n) is 4.94. The van der Waals surface area contributed by atoms with Gasteiger partial charge < -0.3 is 4.74 Å². The Kier molecular flexibility index (Phi) is 3.50. The maximum Gasteiger partial charge on any atom is 0.416 e. The highest BCUT2D eigenvalue weighted by Crippen LogP contribution is 2.56. The molecule has 7 heteroatoms. The molecule has 0 amide bonds. The number of halogens is 4. The monoisotopic (exact) mass is 307 g/mol. The SMILES string of the molecule is COC(=O)C12CC1c1cccc(C(F)(F)F)c1CN2.Cl. The molecule has 0 aromatic heterocycles. The van der Waals surface area contributed by atoms with Crippen molar-refractivity contribution in [2.75, 3.05) is 7.11 Å². The second kappa shape index (κ2) is 4.63. The number of methoxy groups -OCH3 is 1. The molecule has 3 rings (SSSR count). The normalized spacial score (nSPS) is 26.9. The van der Waals surface area contributed by atoms with Crippen LogP contribution < -0.4 is 5.32 Å². The van der Waals surface area contributed by atoms with Gasteiger partial charge in [0.15, 0.2) is 0 Å². The van der Waals surface area contributed by atoms with Crippen molar-refractivity contribution in [1.29, 1.82) is 0 Å². The summed E-state index contributed by atoms with van der Waals surface area (Å²) in [5.41, 5.74) is -0.578. The third-order valence-electron chi connectivity index (χ3n) is 3.98. The number of hydrogen-bond donors (Lipinski definition) is 1. The average molecular weight is 308 g/mol. The van der Waals surface area contributed by atoms with Crippen molar-refractivity contribution in [2.45, 2.75) is 30.6 Å². The number of rotatable bonds is 1. The molecule has 1 N–H and O–H groups in total. The summed E-state index contributed by atoms with van der Waals surface area (Å²) in [5, 5.41) is 2.91. The fraction of sp³-hybridized carbons (Fsp3) is 0.462. The molecule has 0 saturated heterocycles. The van der Waals surface area contributed by atoms with E-state index in [9.17, 15) is 18.0 Å². The van der Waals surface area contributed by atoms with E-state index in [1.807, 2.05) is 0 Å². The molecule has 0 radical (unpaired) electrons. The van der Waals surface area contributed by atoms with Crippen LogP contribution in [0.4, 0.5) is 13.2 Å². The van der Waals surface area contributed by atoms with E-state index in [4.69, 9.17) is 4.74 Å². The maximum atomic E-state index is 12.9. The van der Waals surface area contributed by atoms with Crippen LogP contribution in [0.2, 0.25) is 0 Å². The maximum absolute atomic E-state index is 12.9. The van der Waals surface area contributed by atoms with Crippen LogP contribution in [-0.2, 0) is 22.3 Å². The Labute approximate surface area is 119 Å². The molecule has 3 nitrogen and oxygen atoms in total. The average Bonchev–Trinajstić information content (AvgIpc) is 3.12. The number of ether oxygens (including phenoxy) is 1. The topological polar surface area (TPSA) is 38.3 Å². The molecule has 1 heterocycles. The lowest BCUT2D eigenvalue weighted by Crippen LogP contribution is -2.44. The zero-order valence-corrected chi connectivity index (χ0v) is 11.4. The van der Waals surface area contributed by atoms with Gasteiger partial charge in [0, 0.05) is 12.5 Å². The Balaban J connectivity index is 0.00000147. The highest BCUT2D eigenvalue weighted by molar-refractivity contribution is 5.87. The van der Waals surface area contributed by atoms with E-state index in [1.165, 1.54) is 13.2 Å². The van der Waals surface area contributed by atoms with Gasteiger partial charge in [-0.2, -0.15) is 13.2 Å². The van der Waals surface area contributed by atoms with Gasteiger partial charge in [-0.05, 0) is 23.6 Å². The van der Waals surface area contributed by atoms with Gasteiger partial charge in [0.25, 0.3) is 0 Å². The molecule has 1 aromatic rings. The number of carbonyl (C=O) groups is 1. The minimum Gasteiger partial charge on any atom is -0.468 e. The molecular weight excluding hydrogens is 295 g/mol. The number of nitrogens with one attached hydrogen (secondary N) is 1. The highest BCUT2D eigenvalue weighted by Gasteiger charge is 2.64. The molecule has 2 aliphatic rings. The van der Waals surface area contributed by atoms with Crippen molar-refractivity contribution >= 4 is 18.4 Å². The Morgan fingerprint density at radius 3 is 2.75 bits per heavy atom. The Hall–Kier alpha value is -1.27. The van der Waals surface area contributed by atoms with E-state index in [0.29, 0.717) is 12.0 Å². The van der Waals surface area contributed by atoms with E-state index in [1.54, 1.807) is 6.07 Å². The number of carbonyl (C=O) groups excluding carboxylic acids is 1. The standard InChI is InChI=1S/C13H12F3NO2.ClH/c1-19-11(18)12-5-10(12)7-3-2-4-9(13(14,15)16)8(7)6-17-12;/h2-4,10,17H,5-6H2,1H3;1H. The molecule has 2 unspecified atom stereocenters. The van der Waals surface area contributed by atoms with Crippen molar-refractivity contribution in [3.05, 3.63) is 34.9 Å². The molecule has 1 aliphatic heterocycles. The summed E-state index contributed by atoms with van der Waals surface area (Å²) in [7, 11) is 1.29. The summed E-state index contributed by atoms with van der Waals surface area (Å²) in [6.07, 6.45) is -3.87. The molecule has 110 valence electrons. The Morgan fingerprint density at radius 2 is 2.15 bits per heavy atom. The first-order chi connectivity index (χ1) is 8.90. The quantitative estimate of drug-likeness (QED) is 0.811. The molecule has 1 fully saturated rings. The third-order valence-corrected chi connectivity index (χ3v) is 3.98. The van der Waals surface area contributed by atoms with Crippen molar-refractivity contribution in [2.24, 2.45) is 0 Å². The smallest absolute Gasteiger partial charge is 0.416 e. The first-order valence-corrected chi connectivity index (χ1v) is 5.92. The summed E-state index contributed by atoms with van der Waals surface area (Å²) in [6, 6.07) is 4.14. The molecule has 1 aliphatic carbocycles. The summed E-state index contributed by atoms with van der Waals surface area (Å²) in [6.45, 7) is 0.0383. The fourth-order valence-corrected chi connectivity index (χ4v) is 2.95. The van der Waals surface area contributed by atoms with Gasteiger partial charge in [-0.25, -0.2) is 0 Å². The number of hydrogen-bond acceptors (Lipinski definition) is 3. The largest absolute Gasteiger partial charge is 0.468 e. The van der Waals surface area contributed by atoms with Gasteiger partial charge >= 0.3 is 12.1 Å². The van der Waals surface area contributed by atoms with Crippen LogP contribution in [0.3, 0.4) is 0 Å². The van der Waals surface area contributed by atoms with Crippen molar-refractivity contribution in [3.63, 3.8) is 0 Å². The molecule has 0 bridgehead atoms. The van der Waals surface area contributed by atoms with Crippen LogP contribution in [0.15, 0.2) is 18.2 Å². The first-order valence-electron chi connectivity index (χ1n) is 5.92. The van der Waals surface area contributed by atoms with Gasteiger partial charge in [-0.15, -0.1) is 12.4 Å². The molecule has 1 aromatic carbocycles. The lowest BCUT2D eigenvalue weighted by atomic mass is 9.92. The van der Waals surface area contributed by atoms with E-state index in [-0.39, 0.29) is 30.4 Å². The second-order valence-corrected chi connectivity index (χ2v) is 4.94. The molecular formula is C13H13ClF3NO2. The predicted molar refractivity (Wildman–Crippen MR) is 67.6 cm³/mol. The summed E-state index contributed by atoms with van der Waals surface area (Å²) in [5.74, 6) is -0.619. The van der Waals surface area contributed by atoms with Crippen LogP contribution >= 0.6 is 12.4 Å². The third kappa shape index (κ3) is 1.98. The lowest BCUT2D eigenvalue weighted by Gasteiger charge is -2.26. The molecule has 2 atom stereocenters. The summed E-state index contributed by atoms with van der Waals surface area (Å²) in [4.78, 5) is 11.7.